The van der Waals surface area contributed by atoms with Crippen molar-refractivity contribution in [2.24, 2.45) is 11.8 Å². The normalized spacial score (nSPS) is 14.0. The van der Waals surface area contributed by atoms with E-state index in [0.29, 0.717) is 25.7 Å². The number of hydrogen-bond acceptors (Lipinski definition) is 15. The molecule has 0 radical (unpaired) electrons. The lowest BCUT2D eigenvalue weighted by Gasteiger charge is -2.21. The number of phosphoric acid groups is 2. The van der Waals surface area contributed by atoms with Crippen molar-refractivity contribution in [3.63, 3.8) is 0 Å². The van der Waals surface area contributed by atoms with Gasteiger partial charge in [-0.05, 0) is 37.5 Å². The highest BCUT2D eigenvalue weighted by molar-refractivity contribution is 7.47. The van der Waals surface area contributed by atoms with E-state index >= 15 is 0 Å². The van der Waals surface area contributed by atoms with Crippen LogP contribution in [0.3, 0.4) is 0 Å². The zero-order valence-corrected chi connectivity index (χ0v) is 63.1. The molecule has 3 N–H and O–H groups in total. The second-order valence-corrected chi connectivity index (χ2v) is 30.9. The molecule has 0 fully saturated rings. The molecule has 0 aromatic carbocycles. The second-order valence-electron chi connectivity index (χ2n) is 28.0. The van der Waals surface area contributed by atoms with Gasteiger partial charge >= 0.3 is 39.5 Å². The minimum absolute atomic E-state index is 0.104. The number of carbonyl (C=O) groups excluding carboxylic acids is 4. The van der Waals surface area contributed by atoms with Crippen LogP contribution in [0.25, 0.3) is 0 Å². The summed E-state index contributed by atoms with van der Waals surface area (Å²) in [7, 11) is -9.90. The maximum atomic E-state index is 13.1. The van der Waals surface area contributed by atoms with Crippen molar-refractivity contribution < 1.29 is 80.2 Å². The lowest BCUT2D eigenvalue weighted by Crippen LogP contribution is -2.30. The predicted molar refractivity (Wildman–Crippen MR) is 381 cm³/mol. The first-order valence-electron chi connectivity index (χ1n) is 39.0. The van der Waals surface area contributed by atoms with E-state index < -0.39 is 97.5 Å². The van der Waals surface area contributed by atoms with E-state index in [1.165, 1.54) is 199 Å². The van der Waals surface area contributed by atoms with Crippen LogP contribution < -0.4 is 0 Å². The number of carbonyl (C=O) groups is 4. The van der Waals surface area contributed by atoms with E-state index in [0.717, 1.165) is 108 Å². The Labute approximate surface area is 575 Å². The average Bonchev–Trinajstić information content (AvgIpc) is 1.68. The van der Waals surface area contributed by atoms with Crippen molar-refractivity contribution >= 4 is 39.5 Å². The maximum absolute atomic E-state index is 13.1. The standard InChI is InChI=1S/C75H146O17P2/c1-7-9-11-13-14-15-16-17-18-19-20-21-22-23-24-27-31-36-41-47-53-59-74(79)92-71(64-86-73(78)58-52-46-40-35-30-28-25-26-29-33-38-44-49-55-67(3)4)66-90-94(83,84)88-62-69(76)61-87-93(81,82)89-65-70(63-85-72(77)57-51-43-12-10-8-2)91-75(80)60-54-48-42-37-32-34-39-45-50-56-68(5)6/h67-71,76H,7-66H2,1-6H3,(H,81,82)(H,83,84)/t69-,70+,71+/m0/s1. The van der Waals surface area contributed by atoms with Gasteiger partial charge in [0.2, 0.25) is 0 Å². The Hall–Kier alpha value is -1.94. The quantitative estimate of drug-likeness (QED) is 0.0222. The van der Waals surface area contributed by atoms with Gasteiger partial charge in [0, 0.05) is 25.7 Å². The molecular formula is C75H146O17P2. The van der Waals surface area contributed by atoms with Crippen LogP contribution >= 0.6 is 15.6 Å². The van der Waals surface area contributed by atoms with Gasteiger partial charge in [0.1, 0.15) is 19.3 Å². The topological polar surface area (TPSA) is 237 Å². The molecule has 0 aliphatic carbocycles. The van der Waals surface area contributed by atoms with E-state index in [4.69, 9.17) is 37.0 Å². The van der Waals surface area contributed by atoms with Crippen molar-refractivity contribution in [2.75, 3.05) is 39.6 Å². The smallest absolute Gasteiger partial charge is 0.462 e. The molecule has 19 heteroatoms. The molecule has 0 rings (SSSR count). The van der Waals surface area contributed by atoms with E-state index in [9.17, 15) is 43.2 Å². The summed E-state index contributed by atoms with van der Waals surface area (Å²) in [4.78, 5) is 72.5. The highest BCUT2D eigenvalue weighted by Crippen LogP contribution is 2.45. The molecule has 2 unspecified atom stereocenters. The summed E-state index contributed by atoms with van der Waals surface area (Å²) in [6.45, 7) is 9.49. The number of phosphoric ester groups is 2. The van der Waals surface area contributed by atoms with Crippen LogP contribution in [0.5, 0.6) is 0 Å². The molecule has 0 aromatic rings. The minimum atomic E-state index is -4.95. The Bertz CT molecular complexity index is 1820. The Morgan fingerprint density at radius 2 is 0.489 bits per heavy atom. The first-order chi connectivity index (χ1) is 45.4. The largest absolute Gasteiger partial charge is 0.472 e. The van der Waals surface area contributed by atoms with Crippen molar-refractivity contribution in [1.82, 2.24) is 0 Å². The van der Waals surface area contributed by atoms with Gasteiger partial charge in [-0.15, -0.1) is 0 Å². The van der Waals surface area contributed by atoms with Crippen molar-refractivity contribution in [1.29, 1.82) is 0 Å². The maximum Gasteiger partial charge on any atom is 0.472 e. The Morgan fingerprint density at radius 1 is 0.287 bits per heavy atom. The zero-order valence-electron chi connectivity index (χ0n) is 61.3. The molecule has 0 bridgehead atoms. The Kier molecular flexibility index (Phi) is 65.5. The summed E-state index contributed by atoms with van der Waals surface area (Å²) in [5.74, 6) is -0.602. The number of aliphatic hydroxyl groups excluding tert-OH is 1. The Balaban J connectivity index is 5.12. The minimum Gasteiger partial charge on any atom is -0.462 e. The lowest BCUT2D eigenvalue weighted by atomic mass is 10.0. The fourth-order valence-electron chi connectivity index (χ4n) is 11.5. The van der Waals surface area contributed by atoms with E-state index in [1.807, 2.05) is 0 Å². The molecule has 0 aromatic heterocycles. The molecule has 0 spiro atoms. The van der Waals surface area contributed by atoms with Gasteiger partial charge in [0.05, 0.1) is 26.4 Å². The summed E-state index contributed by atoms with van der Waals surface area (Å²) in [5, 5.41) is 10.6. The number of aliphatic hydroxyl groups is 1. The first kappa shape index (κ1) is 92.1. The molecule has 0 saturated carbocycles. The average molecular weight is 1380 g/mol. The van der Waals surface area contributed by atoms with Crippen LogP contribution in [0.4, 0.5) is 0 Å². The Morgan fingerprint density at radius 3 is 0.723 bits per heavy atom. The second kappa shape index (κ2) is 66.9. The molecule has 0 aliphatic rings. The number of unbranched alkanes of at least 4 members (excludes halogenated alkanes) is 44. The molecule has 0 amide bonds. The summed E-state index contributed by atoms with van der Waals surface area (Å²) >= 11 is 0. The van der Waals surface area contributed by atoms with Crippen LogP contribution in [-0.4, -0.2) is 96.7 Å². The molecule has 558 valence electrons. The van der Waals surface area contributed by atoms with Gasteiger partial charge in [-0.25, -0.2) is 9.13 Å². The van der Waals surface area contributed by atoms with Crippen molar-refractivity contribution in [3.8, 4) is 0 Å². The molecule has 5 atom stereocenters. The van der Waals surface area contributed by atoms with Crippen LogP contribution in [0.15, 0.2) is 0 Å². The zero-order chi connectivity index (χ0) is 69.3. The van der Waals surface area contributed by atoms with E-state index in [1.54, 1.807) is 0 Å². The summed E-state index contributed by atoms with van der Waals surface area (Å²) < 4.78 is 68.2. The van der Waals surface area contributed by atoms with Gasteiger partial charge in [0.25, 0.3) is 0 Å². The third-order valence-corrected chi connectivity index (χ3v) is 19.4. The van der Waals surface area contributed by atoms with Crippen LogP contribution in [0, 0.1) is 11.8 Å². The molecular weight excluding hydrogens is 1230 g/mol. The number of ether oxygens (including phenoxy) is 4. The number of esters is 4. The van der Waals surface area contributed by atoms with Crippen LogP contribution in [0.2, 0.25) is 0 Å². The molecule has 17 nitrogen and oxygen atoms in total. The van der Waals surface area contributed by atoms with Gasteiger partial charge in [-0.3, -0.25) is 37.3 Å². The van der Waals surface area contributed by atoms with Crippen LogP contribution in [0.1, 0.15) is 388 Å². The van der Waals surface area contributed by atoms with Gasteiger partial charge in [-0.1, -0.05) is 337 Å². The SMILES string of the molecule is CCCCCCCCCCCCCCCCCCCCCCCC(=O)O[C@H](COC(=O)CCCCCCCCCCCCCCCC(C)C)COP(=O)(O)OC[C@@H](O)COP(=O)(O)OC[C@@H](COC(=O)CCCCCCC)OC(=O)CCCCCCCCCCCC(C)C. The van der Waals surface area contributed by atoms with E-state index in [-0.39, 0.29) is 25.7 Å². The third kappa shape index (κ3) is 68.6. The molecule has 94 heavy (non-hydrogen) atoms. The van der Waals surface area contributed by atoms with Gasteiger partial charge in [-0.2, -0.15) is 0 Å². The fourth-order valence-corrected chi connectivity index (χ4v) is 13.1. The van der Waals surface area contributed by atoms with Gasteiger partial charge in [0.15, 0.2) is 12.2 Å². The summed E-state index contributed by atoms with van der Waals surface area (Å²) in [6, 6.07) is 0. The third-order valence-electron chi connectivity index (χ3n) is 17.5. The first-order valence-corrected chi connectivity index (χ1v) is 42.0. The highest BCUT2D eigenvalue weighted by atomic mass is 31.2. The monoisotopic (exact) mass is 1380 g/mol. The number of hydrogen-bond donors (Lipinski definition) is 3. The molecule has 0 saturated heterocycles. The number of rotatable bonds is 74. The molecule has 0 heterocycles. The predicted octanol–water partition coefficient (Wildman–Crippen LogP) is 21.9. The molecule has 0 aliphatic heterocycles. The lowest BCUT2D eigenvalue weighted by molar-refractivity contribution is -0.161. The van der Waals surface area contributed by atoms with E-state index in [2.05, 4.69) is 41.5 Å². The van der Waals surface area contributed by atoms with Crippen molar-refractivity contribution in [2.45, 2.75) is 407 Å². The van der Waals surface area contributed by atoms with Crippen LogP contribution in [-0.2, 0) is 65.4 Å². The summed E-state index contributed by atoms with van der Waals surface area (Å²) in [6.07, 6.45) is 54.7. The highest BCUT2D eigenvalue weighted by Gasteiger charge is 2.30. The van der Waals surface area contributed by atoms with Gasteiger partial charge < -0.3 is 33.8 Å². The fraction of sp³-hybridized carbons (Fsp3) is 0.947. The van der Waals surface area contributed by atoms with Crippen molar-refractivity contribution in [3.05, 3.63) is 0 Å². The summed E-state index contributed by atoms with van der Waals surface area (Å²) in [5.41, 5.74) is 0.